The van der Waals surface area contributed by atoms with Gasteiger partial charge in [-0.05, 0) is 74.4 Å². The van der Waals surface area contributed by atoms with Gasteiger partial charge in [0.25, 0.3) is 0 Å². The zero-order valence-electron chi connectivity index (χ0n) is 14.4. The highest BCUT2D eigenvalue weighted by Crippen LogP contribution is 2.51. The van der Waals surface area contributed by atoms with E-state index in [-0.39, 0.29) is 0 Å². The molecule has 2 nitrogen and oxygen atoms in total. The van der Waals surface area contributed by atoms with Crippen LogP contribution >= 0.6 is 11.3 Å². The maximum atomic E-state index is 6.24. The average Bonchev–Trinajstić information content (AvgIpc) is 3.18. The number of nitrogens with two attached hydrogens (primary N) is 1. The number of hydrogen-bond donors (Lipinski definition) is 1. The van der Waals surface area contributed by atoms with Gasteiger partial charge in [0.15, 0.2) is 0 Å². The third-order valence-corrected chi connectivity index (χ3v) is 8.41. The molecule has 23 heavy (non-hydrogen) atoms. The van der Waals surface area contributed by atoms with E-state index in [0.717, 1.165) is 12.5 Å². The molecule has 0 bridgehead atoms. The van der Waals surface area contributed by atoms with Crippen molar-refractivity contribution < 1.29 is 0 Å². The molecule has 3 fully saturated rings. The topological polar surface area (TPSA) is 29.3 Å². The van der Waals surface area contributed by atoms with E-state index in [0.29, 0.717) is 10.8 Å². The molecule has 3 aliphatic rings. The smallest absolute Gasteiger partial charge is 0.0170 e. The van der Waals surface area contributed by atoms with Crippen LogP contribution in [0.5, 0.6) is 0 Å². The van der Waals surface area contributed by atoms with Crippen LogP contribution in [-0.2, 0) is 5.41 Å². The van der Waals surface area contributed by atoms with Gasteiger partial charge < -0.3 is 10.6 Å². The highest BCUT2D eigenvalue weighted by molar-refractivity contribution is 7.10. The summed E-state index contributed by atoms with van der Waals surface area (Å²) in [4.78, 5) is 4.31. The molecule has 1 spiro atoms. The fraction of sp³-hybridized carbons (Fsp3) is 0.800. The first-order valence-electron chi connectivity index (χ1n) is 9.70. The molecule has 4 rings (SSSR count). The predicted octanol–water partition coefficient (Wildman–Crippen LogP) is 4.40. The van der Waals surface area contributed by atoms with E-state index in [4.69, 9.17) is 5.73 Å². The second-order valence-electron chi connectivity index (χ2n) is 8.57. The van der Waals surface area contributed by atoms with Gasteiger partial charge in [-0.15, -0.1) is 11.3 Å². The van der Waals surface area contributed by atoms with Crippen LogP contribution in [-0.4, -0.2) is 31.1 Å². The molecule has 2 saturated carbocycles. The van der Waals surface area contributed by atoms with Gasteiger partial charge in [-0.1, -0.05) is 25.3 Å². The zero-order valence-corrected chi connectivity index (χ0v) is 15.3. The molecule has 0 aromatic carbocycles. The summed E-state index contributed by atoms with van der Waals surface area (Å²) in [7, 11) is 0. The molecule has 1 saturated heterocycles. The summed E-state index contributed by atoms with van der Waals surface area (Å²) in [5, 5.41) is 2.22. The Morgan fingerprint density at radius 3 is 2.61 bits per heavy atom. The standard InChI is InChI=1S/C20H32N2S/c21-15-20(18-5-2-14-23-18)9-7-19(8-10-20)11-13-22(16-19)12-6-17-3-1-4-17/h2,5,14,17H,1,3-4,6-13,15-16,21H2. The van der Waals surface area contributed by atoms with Crippen molar-refractivity contribution >= 4 is 11.3 Å². The minimum absolute atomic E-state index is 0.290. The molecular formula is C20H32N2S. The van der Waals surface area contributed by atoms with E-state index in [1.54, 1.807) is 0 Å². The summed E-state index contributed by atoms with van der Waals surface area (Å²) in [5.74, 6) is 1.06. The predicted molar refractivity (Wildman–Crippen MR) is 99.0 cm³/mol. The maximum Gasteiger partial charge on any atom is 0.0170 e. The average molecular weight is 333 g/mol. The summed E-state index contributed by atoms with van der Waals surface area (Å²) in [6.45, 7) is 4.90. The van der Waals surface area contributed by atoms with Crippen molar-refractivity contribution in [2.75, 3.05) is 26.2 Å². The first kappa shape index (κ1) is 16.1. The third-order valence-electron chi connectivity index (χ3n) is 7.30. The second-order valence-corrected chi connectivity index (χ2v) is 9.52. The Balaban J connectivity index is 1.33. The quantitative estimate of drug-likeness (QED) is 0.866. The molecule has 1 aromatic rings. The van der Waals surface area contributed by atoms with Crippen LogP contribution in [0.1, 0.15) is 62.7 Å². The van der Waals surface area contributed by atoms with Crippen LogP contribution in [0.2, 0.25) is 0 Å². The lowest BCUT2D eigenvalue weighted by molar-refractivity contribution is 0.130. The minimum atomic E-state index is 0.290. The first-order chi connectivity index (χ1) is 11.2. The van der Waals surface area contributed by atoms with Crippen LogP contribution in [0.4, 0.5) is 0 Å². The Hall–Kier alpha value is -0.380. The number of thiophene rings is 1. The van der Waals surface area contributed by atoms with Crippen molar-refractivity contribution in [2.24, 2.45) is 17.1 Å². The molecule has 3 heteroatoms. The number of nitrogens with zero attached hydrogens (tertiary/aromatic N) is 1. The SMILES string of the molecule is NCC1(c2cccs2)CCC2(CCN(CCC3CCC3)C2)CC1. The fourth-order valence-corrected chi connectivity index (χ4v) is 6.16. The van der Waals surface area contributed by atoms with E-state index in [9.17, 15) is 0 Å². The number of rotatable bonds is 5. The Labute approximate surface area is 145 Å². The lowest BCUT2D eigenvalue weighted by Gasteiger charge is -2.44. The van der Waals surface area contributed by atoms with Crippen molar-refractivity contribution in [1.82, 2.24) is 4.90 Å². The zero-order chi connectivity index (χ0) is 15.8. The van der Waals surface area contributed by atoms with Gasteiger partial charge in [0.1, 0.15) is 0 Å². The molecule has 2 heterocycles. The Morgan fingerprint density at radius 2 is 2.00 bits per heavy atom. The van der Waals surface area contributed by atoms with Gasteiger partial charge in [0.2, 0.25) is 0 Å². The van der Waals surface area contributed by atoms with Crippen molar-refractivity contribution in [3.05, 3.63) is 22.4 Å². The highest BCUT2D eigenvalue weighted by atomic mass is 32.1. The van der Waals surface area contributed by atoms with E-state index in [1.165, 1.54) is 82.3 Å². The molecule has 1 aliphatic heterocycles. The Kier molecular flexibility index (Phi) is 4.55. The normalized spacial score (nSPS) is 35.7. The lowest BCUT2D eigenvalue weighted by Crippen LogP contribution is -2.43. The highest BCUT2D eigenvalue weighted by Gasteiger charge is 2.46. The molecule has 1 aromatic heterocycles. The van der Waals surface area contributed by atoms with Crippen LogP contribution in [0.25, 0.3) is 0 Å². The van der Waals surface area contributed by atoms with Crippen molar-refractivity contribution in [3.8, 4) is 0 Å². The number of likely N-dealkylation sites (tertiary alicyclic amines) is 1. The molecule has 128 valence electrons. The lowest BCUT2D eigenvalue weighted by atomic mass is 9.62. The summed E-state index contributed by atoms with van der Waals surface area (Å²) in [6.07, 6.45) is 12.8. The van der Waals surface area contributed by atoms with E-state index < -0.39 is 0 Å². The minimum Gasteiger partial charge on any atom is -0.330 e. The largest absolute Gasteiger partial charge is 0.330 e. The maximum absolute atomic E-state index is 6.24. The summed E-state index contributed by atoms with van der Waals surface area (Å²) < 4.78 is 0. The van der Waals surface area contributed by atoms with Gasteiger partial charge in [-0.25, -0.2) is 0 Å². The van der Waals surface area contributed by atoms with E-state index in [2.05, 4.69) is 22.4 Å². The van der Waals surface area contributed by atoms with E-state index in [1.807, 2.05) is 11.3 Å². The van der Waals surface area contributed by atoms with Gasteiger partial charge in [0, 0.05) is 23.4 Å². The van der Waals surface area contributed by atoms with Crippen molar-refractivity contribution in [3.63, 3.8) is 0 Å². The number of hydrogen-bond acceptors (Lipinski definition) is 3. The first-order valence-corrected chi connectivity index (χ1v) is 10.6. The molecular weight excluding hydrogens is 300 g/mol. The summed E-state index contributed by atoms with van der Waals surface area (Å²) in [6, 6.07) is 4.51. The van der Waals surface area contributed by atoms with Gasteiger partial charge in [0.05, 0.1) is 0 Å². The van der Waals surface area contributed by atoms with Crippen LogP contribution < -0.4 is 5.73 Å². The Morgan fingerprint density at radius 1 is 1.17 bits per heavy atom. The molecule has 0 atom stereocenters. The summed E-state index contributed by atoms with van der Waals surface area (Å²) >= 11 is 1.91. The Bertz CT molecular complexity index is 498. The van der Waals surface area contributed by atoms with Crippen LogP contribution in [0.3, 0.4) is 0 Å². The van der Waals surface area contributed by atoms with Crippen LogP contribution in [0, 0.1) is 11.3 Å². The van der Waals surface area contributed by atoms with Crippen molar-refractivity contribution in [1.29, 1.82) is 0 Å². The third kappa shape index (κ3) is 3.12. The van der Waals surface area contributed by atoms with Gasteiger partial charge in [-0.3, -0.25) is 0 Å². The van der Waals surface area contributed by atoms with Crippen LogP contribution in [0.15, 0.2) is 17.5 Å². The van der Waals surface area contributed by atoms with E-state index >= 15 is 0 Å². The van der Waals surface area contributed by atoms with Gasteiger partial charge in [-0.2, -0.15) is 0 Å². The fourth-order valence-electron chi connectivity index (χ4n) is 5.16. The second kappa shape index (κ2) is 6.50. The monoisotopic (exact) mass is 332 g/mol. The molecule has 0 amide bonds. The molecule has 2 N–H and O–H groups in total. The molecule has 0 unspecified atom stereocenters. The van der Waals surface area contributed by atoms with Crippen molar-refractivity contribution in [2.45, 2.75) is 63.2 Å². The molecule has 2 aliphatic carbocycles. The molecule has 0 radical (unpaired) electrons. The van der Waals surface area contributed by atoms with Gasteiger partial charge >= 0.3 is 0 Å². The summed E-state index contributed by atoms with van der Waals surface area (Å²) in [5.41, 5.74) is 7.15.